The highest BCUT2D eigenvalue weighted by Crippen LogP contribution is 2.21. The fraction of sp³-hybridized carbons (Fsp3) is 0.692. The van der Waals surface area contributed by atoms with Gasteiger partial charge in [-0.05, 0) is 13.3 Å². The lowest BCUT2D eigenvalue weighted by Gasteiger charge is -2.08. The number of nitrogens with two attached hydrogens (primary N) is 1. The fourth-order valence-electron chi connectivity index (χ4n) is 1.96. The van der Waals surface area contributed by atoms with Crippen LogP contribution in [0, 0.1) is 6.92 Å². The van der Waals surface area contributed by atoms with Crippen LogP contribution in [-0.2, 0) is 7.05 Å². The quantitative estimate of drug-likeness (QED) is 0.582. The van der Waals surface area contributed by atoms with Gasteiger partial charge in [-0.15, -0.1) is 0 Å². The van der Waals surface area contributed by atoms with Gasteiger partial charge in [0, 0.05) is 7.05 Å². The van der Waals surface area contributed by atoms with Crippen molar-refractivity contribution < 1.29 is 4.74 Å². The maximum atomic E-state index is 5.76. The van der Waals surface area contributed by atoms with Gasteiger partial charge in [-0.1, -0.05) is 44.8 Å². The molecule has 0 saturated heterocycles. The van der Waals surface area contributed by atoms with Crippen LogP contribution in [0.4, 0.5) is 0 Å². The van der Waals surface area contributed by atoms with Crippen molar-refractivity contribution in [2.75, 3.05) is 6.61 Å². The van der Waals surface area contributed by atoms with E-state index >= 15 is 0 Å². The van der Waals surface area contributed by atoms with Crippen LogP contribution in [0.2, 0.25) is 0 Å². The van der Waals surface area contributed by atoms with Crippen molar-refractivity contribution in [3.63, 3.8) is 0 Å². The summed E-state index contributed by atoms with van der Waals surface area (Å²) in [4.78, 5) is 0.349. The molecule has 0 aliphatic heterocycles. The van der Waals surface area contributed by atoms with Gasteiger partial charge in [-0.25, -0.2) is 4.68 Å². The van der Waals surface area contributed by atoms with E-state index in [0.717, 1.165) is 17.7 Å². The molecule has 1 aromatic rings. The van der Waals surface area contributed by atoms with Gasteiger partial charge in [-0.2, -0.15) is 5.10 Å². The zero-order valence-electron chi connectivity index (χ0n) is 11.5. The Morgan fingerprint density at radius 2 is 2.00 bits per heavy atom. The molecule has 0 aliphatic rings. The monoisotopic (exact) mass is 269 g/mol. The molecule has 0 spiro atoms. The third-order valence-corrected chi connectivity index (χ3v) is 3.11. The molecule has 0 atom stereocenters. The molecule has 4 nitrogen and oxygen atoms in total. The molecule has 1 aromatic heterocycles. The predicted molar refractivity (Wildman–Crippen MR) is 78.1 cm³/mol. The van der Waals surface area contributed by atoms with E-state index in [1.165, 1.54) is 25.7 Å². The summed E-state index contributed by atoms with van der Waals surface area (Å²) in [6.07, 6.45) is 6.08. The Bertz CT molecular complexity index is 401. The van der Waals surface area contributed by atoms with Crippen molar-refractivity contribution >= 4 is 17.2 Å². The van der Waals surface area contributed by atoms with Crippen molar-refractivity contribution in [2.45, 2.75) is 46.0 Å². The van der Waals surface area contributed by atoms with E-state index in [1.54, 1.807) is 4.68 Å². The maximum absolute atomic E-state index is 5.76. The van der Waals surface area contributed by atoms with Crippen LogP contribution in [-0.4, -0.2) is 21.4 Å². The number of aryl methyl sites for hydroxylation is 2. The van der Waals surface area contributed by atoms with Gasteiger partial charge >= 0.3 is 0 Å². The van der Waals surface area contributed by atoms with E-state index in [2.05, 4.69) is 12.0 Å². The van der Waals surface area contributed by atoms with Crippen LogP contribution in [0.1, 0.15) is 50.3 Å². The molecule has 0 aromatic carbocycles. The number of nitrogens with zero attached hydrogens (tertiary/aromatic N) is 2. The second-order valence-electron chi connectivity index (χ2n) is 4.52. The van der Waals surface area contributed by atoms with Crippen LogP contribution >= 0.6 is 12.2 Å². The van der Waals surface area contributed by atoms with Gasteiger partial charge in [0.1, 0.15) is 4.99 Å². The zero-order chi connectivity index (χ0) is 13.5. The van der Waals surface area contributed by atoms with Gasteiger partial charge in [0.25, 0.3) is 0 Å². The first-order chi connectivity index (χ1) is 8.57. The summed E-state index contributed by atoms with van der Waals surface area (Å²) in [7, 11) is 1.85. The fourth-order valence-corrected chi connectivity index (χ4v) is 2.20. The summed E-state index contributed by atoms with van der Waals surface area (Å²) in [5.74, 6) is 0.690. The first-order valence-corrected chi connectivity index (χ1v) is 6.95. The van der Waals surface area contributed by atoms with Crippen molar-refractivity contribution in [3.05, 3.63) is 11.3 Å². The lowest BCUT2D eigenvalue weighted by molar-refractivity contribution is 0.279. The molecule has 18 heavy (non-hydrogen) atoms. The molecule has 2 N–H and O–H groups in total. The molecule has 0 aliphatic carbocycles. The van der Waals surface area contributed by atoms with Crippen molar-refractivity contribution in [3.8, 4) is 5.88 Å². The number of unbranched alkanes of at least 4 members (excludes halogenated alkanes) is 4. The predicted octanol–water partition coefficient (Wildman–Crippen LogP) is 2.71. The van der Waals surface area contributed by atoms with E-state index in [-0.39, 0.29) is 0 Å². The number of hydrogen-bond acceptors (Lipinski definition) is 3. The average Bonchev–Trinajstić information content (AvgIpc) is 2.58. The van der Waals surface area contributed by atoms with Crippen molar-refractivity contribution in [1.82, 2.24) is 9.78 Å². The van der Waals surface area contributed by atoms with E-state index in [9.17, 15) is 0 Å². The van der Waals surface area contributed by atoms with Gasteiger partial charge in [-0.3, -0.25) is 0 Å². The molecular formula is C13H23N3OS. The molecule has 0 bridgehead atoms. The van der Waals surface area contributed by atoms with Crippen LogP contribution in [0.3, 0.4) is 0 Å². The summed E-state index contributed by atoms with van der Waals surface area (Å²) >= 11 is 5.03. The highest BCUT2D eigenvalue weighted by atomic mass is 32.1. The van der Waals surface area contributed by atoms with Crippen LogP contribution in [0.15, 0.2) is 0 Å². The average molecular weight is 269 g/mol. The van der Waals surface area contributed by atoms with Gasteiger partial charge in [0.2, 0.25) is 5.88 Å². The van der Waals surface area contributed by atoms with Crippen molar-refractivity contribution in [2.24, 2.45) is 12.8 Å². The second kappa shape index (κ2) is 7.36. The Kier molecular flexibility index (Phi) is 6.12. The summed E-state index contributed by atoms with van der Waals surface area (Å²) in [5.41, 5.74) is 7.29. The first-order valence-electron chi connectivity index (χ1n) is 6.54. The lowest BCUT2D eigenvalue weighted by atomic mass is 10.2. The Hall–Kier alpha value is -1.10. The highest BCUT2D eigenvalue weighted by Gasteiger charge is 2.16. The number of ether oxygens (including phenoxy) is 1. The van der Waals surface area contributed by atoms with Gasteiger partial charge in [0.05, 0.1) is 17.9 Å². The van der Waals surface area contributed by atoms with E-state index in [4.69, 9.17) is 22.7 Å². The van der Waals surface area contributed by atoms with E-state index in [0.29, 0.717) is 17.5 Å². The number of rotatable bonds is 8. The largest absolute Gasteiger partial charge is 0.477 e. The van der Waals surface area contributed by atoms with Crippen LogP contribution in [0.5, 0.6) is 5.88 Å². The third kappa shape index (κ3) is 3.98. The van der Waals surface area contributed by atoms with E-state index < -0.39 is 0 Å². The highest BCUT2D eigenvalue weighted by molar-refractivity contribution is 7.80. The second-order valence-corrected chi connectivity index (χ2v) is 4.96. The minimum absolute atomic E-state index is 0.349. The molecule has 102 valence electrons. The van der Waals surface area contributed by atoms with Crippen LogP contribution < -0.4 is 10.5 Å². The Morgan fingerprint density at radius 3 is 2.61 bits per heavy atom. The van der Waals surface area contributed by atoms with E-state index in [1.807, 2.05) is 14.0 Å². The topological polar surface area (TPSA) is 53.1 Å². The Balaban J connectivity index is 2.49. The maximum Gasteiger partial charge on any atom is 0.222 e. The number of aromatic nitrogens is 2. The molecule has 0 unspecified atom stereocenters. The molecule has 1 heterocycles. The normalized spacial score (nSPS) is 10.6. The van der Waals surface area contributed by atoms with Gasteiger partial charge < -0.3 is 10.5 Å². The molecule has 5 heteroatoms. The standard InChI is InChI=1S/C13H23N3OS/c1-4-5-6-7-8-9-17-13-11(12(14)18)10(2)15-16(13)3/h4-9H2,1-3H3,(H2,14,18). The number of thiocarbonyl (C=S) groups is 1. The third-order valence-electron chi connectivity index (χ3n) is 2.90. The van der Waals surface area contributed by atoms with Crippen molar-refractivity contribution in [1.29, 1.82) is 0 Å². The lowest BCUT2D eigenvalue weighted by Crippen LogP contribution is -2.13. The first kappa shape index (κ1) is 15.0. The van der Waals surface area contributed by atoms with Gasteiger partial charge in [0.15, 0.2) is 0 Å². The molecule has 0 radical (unpaired) electrons. The summed E-state index contributed by atoms with van der Waals surface area (Å²) < 4.78 is 7.47. The molecule has 0 fully saturated rings. The minimum Gasteiger partial charge on any atom is -0.477 e. The minimum atomic E-state index is 0.349. The summed E-state index contributed by atoms with van der Waals surface area (Å²) in [5, 5.41) is 4.28. The SMILES string of the molecule is CCCCCCCOc1c(C(N)=S)c(C)nn1C. The molecule has 1 rings (SSSR count). The zero-order valence-corrected chi connectivity index (χ0v) is 12.3. The molecule has 0 amide bonds. The molecule has 0 saturated carbocycles. The van der Waals surface area contributed by atoms with Crippen LogP contribution in [0.25, 0.3) is 0 Å². The Labute approximate surface area is 115 Å². The number of hydrogen-bond donors (Lipinski definition) is 1. The summed E-state index contributed by atoms with van der Waals surface area (Å²) in [6.45, 7) is 4.80. The summed E-state index contributed by atoms with van der Waals surface area (Å²) in [6, 6.07) is 0. The smallest absolute Gasteiger partial charge is 0.222 e. The molecular weight excluding hydrogens is 246 g/mol. The Morgan fingerprint density at radius 1 is 1.33 bits per heavy atom.